The predicted octanol–water partition coefficient (Wildman–Crippen LogP) is 3.02. The zero-order chi connectivity index (χ0) is 20.8. The van der Waals surface area contributed by atoms with Crippen molar-refractivity contribution in [2.45, 2.75) is 25.9 Å². The topological polar surface area (TPSA) is 104 Å². The number of carbonyl (C=O) groups excluding carboxylic acids is 2. The smallest absolute Gasteiger partial charge is 0.410 e. The molecule has 0 saturated carbocycles. The van der Waals surface area contributed by atoms with E-state index >= 15 is 0 Å². The highest BCUT2D eigenvalue weighted by atomic mass is 35.5. The minimum atomic E-state index is -0.344. The van der Waals surface area contributed by atoms with E-state index in [0.29, 0.717) is 35.6 Å². The molecule has 0 unspecified atom stereocenters. The van der Waals surface area contributed by atoms with Crippen LogP contribution in [0.4, 0.5) is 4.79 Å². The second-order valence-electron chi connectivity index (χ2n) is 7.01. The molecule has 0 aliphatic carbocycles. The van der Waals surface area contributed by atoms with Gasteiger partial charge >= 0.3 is 6.09 Å². The minimum absolute atomic E-state index is 0.0612. The summed E-state index contributed by atoms with van der Waals surface area (Å²) in [6, 6.07) is 5.07. The predicted molar refractivity (Wildman–Crippen MR) is 107 cm³/mol. The van der Waals surface area contributed by atoms with Crippen molar-refractivity contribution in [1.82, 2.24) is 30.4 Å². The Morgan fingerprint density at radius 1 is 1.24 bits per heavy atom. The lowest BCUT2D eigenvalue weighted by Crippen LogP contribution is -2.39. The van der Waals surface area contributed by atoms with Crippen LogP contribution in [0.2, 0.25) is 10.0 Å². The Kier molecular flexibility index (Phi) is 7.27. The summed E-state index contributed by atoms with van der Waals surface area (Å²) in [5.41, 5.74) is 0.750. The molecule has 0 atom stereocenters. The van der Waals surface area contributed by atoms with E-state index in [1.54, 1.807) is 35.0 Å². The number of ether oxygens (including phenoxy) is 1. The average Bonchev–Trinajstić information content (AvgIpc) is 3.24. The van der Waals surface area contributed by atoms with Gasteiger partial charge in [-0.25, -0.2) is 4.79 Å². The zero-order valence-corrected chi connectivity index (χ0v) is 17.5. The third kappa shape index (κ3) is 6.04. The molecule has 1 aliphatic heterocycles. The minimum Gasteiger partial charge on any atom is -0.445 e. The van der Waals surface area contributed by atoms with E-state index in [4.69, 9.17) is 27.9 Å². The van der Waals surface area contributed by atoms with Gasteiger partial charge in [0.1, 0.15) is 6.61 Å². The zero-order valence-electron chi connectivity index (χ0n) is 16.0. The number of rotatable bonds is 6. The highest BCUT2D eigenvalue weighted by Gasteiger charge is 2.25. The van der Waals surface area contributed by atoms with Crippen LogP contribution in [-0.2, 0) is 11.3 Å². The number of nitrogens with one attached hydrogen (secondary N) is 1. The molecular weight excluding hydrogens is 419 g/mol. The van der Waals surface area contributed by atoms with Gasteiger partial charge in [-0.05, 0) is 54.2 Å². The molecule has 0 spiro atoms. The van der Waals surface area contributed by atoms with Crippen molar-refractivity contribution in [2.24, 2.45) is 5.92 Å². The van der Waals surface area contributed by atoms with Gasteiger partial charge in [-0.3, -0.25) is 4.79 Å². The number of likely N-dealkylation sites (tertiary alicyclic amines) is 1. The third-order valence-corrected chi connectivity index (χ3v) is 5.35. The van der Waals surface area contributed by atoms with Gasteiger partial charge < -0.3 is 14.5 Å². The summed E-state index contributed by atoms with van der Waals surface area (Å²) in [5, 5.41) is 14.1. The number of halogens is 2. The van der Waals surface area contributed by atoms with Crippen molar-refractivity contribution in [3.63, 3.8) is 0 Å². The van der Waals surface area contributed by atoms with E-state index in [9.17, 15) is 9.59 Å². The molecule has 2 heterocycles. The monoisotopic (exact) mass is 440 g/mol. The van der Waals surface area contributed by atoms with E-state index < -0.39 is 0 Å². The first-order valence-corrected chi connectivity index (χ1v) is 10.0. The molecule has 2 amide bonds. The number of hydrogen-bond donors (Lipinski definition) is 1. The lowest BCUT2D eigenvalue weighted by molar-refractivity contribution is 0.0740. The molecule has 1 saturated heterocycles. The standard InChI is InChI=1S/C18H22Cl2N6O3/c1-25(17(27)16-21-23-24-22-16)5-2-12-3-6-26(7-4-12)18(28)29-11-13-8-14(19)10-15(20)9-13/h8-10,12H,2-7,11H2,1H3,(H,21,22,23,24). The summed E-state index contributed by atoms with van der Waals surface area (Å²) in [6.45, 7) is 1.98. The molecule has 11 heteroatoms. The van der Waals surface area contributed by atoms with Crippen molar-refractivity contribution in [1.29, 1.82) is 0 Å². The van der Waals surface area contributed by atoms with E-state index in [0.717, 1.165) is 24.8 Å². The molecule has 1 aromatic heterocycles. The quantitative estimate of drug-likeness (QED) is 0.739. The molecule has 0 radical (unpaired) electrons. The van der Waals surface area contributed by atoms with Gasteiger partial charge in [0.2, 0.25) is 0 Å². The van der Waals surface area contributed by atoms with Crippen LogP contribution in [0.25, 0.3) is 0 Å². The summed E-state index contributed by atoms with van der Waals surface area (Å²) < 4.78 is 5.38. The van der Waals surface area contributed by atoms with Crippen molar-refractivity contribution >= 4 is 35.2 Å². The summed E-state index contributed by atoms with van der Waals surface area (Å²) in [6.07, 6.45) is 2.23. The maximum absolute atomic E-state index is 12.3. The van der Waals surface area contributed by atoms with E-state index in [1.807, 2.05) is 0 Å². The number of aromatic nitrogens is 4. The van der Waals surface area contributed by atoms with Gasteiger partial charge in [0.25, 0.3) is 11.7 Å². The molecule has 1 fully saturated rings. The number of H-pyrrole nitrogens is 1. The molecule has 2 aromatic rings. The van der Waals surface area contributed by atoms with Gasteiger partial charge in [0.15, 0.2) is 0 Å². The number of carbonyl (C=O) groups is 2. The number of piperidine rings is 1. The maximum atomic E-state index is 12.3. The molecule has 3 rings (SSSR count). The van der Waals surface area contributed by atoms with Crippen molar-refractivity contribution < 1.29 is 14.3 Å². The fourth-order valence-corrected chi connectivity index (χ4v) is 3.81. The molecule has 1 aliphatic rings. The van der Waals surface area contributed by atoms with Crippen LogP contribution >= 0.6 is 23.2 Å². The van der Waals surface area contributed by atoms with Crippen LogP contribution < -0.4 is 0 Å². The second kappa shape index (κ2) is 9.89. The van der Waals surface area contributed by atoms with Crippen LogP contribution in [0.5, 0.6) is 0 Å². The van der Waals surface area contributed by atoms with Crippen LogP contribution in [0.1, 0.15) is 35.4 Å². The number of hydrogen-bond acceptors (Lipinski definition) is 6. The van der Waals surface area contributed by atoms with E-state index in [1.165, 1.54) is 0 Å². The molecule has 1 aromatic carbocycles. The Morgan fingerprint density at radius 2 is 1.93 bits per heavy atom. The van der Waals surface area contributed by atoms with E-state index in [2.05, 4.69) is 20.6 Å². The Hall–Kier alpha value is -2.39. The average molecular weight is 441 g/mol. The number of nitrogens with zero attached hydrogens (tertiary/aromatic N) is 5. The Labute approximate surface area is 178 Å². The summed E-state index contributed by atoms with van der Waals surface area (Å²) in [4.78, 5) is 27.7. The van der Waals surface area contributed by atoms with Crippen LogP contribution in [0.15, 0.2) is 18.2 Å². The van der Waals surface area contributed by atoms with Crippen molar-refractivity contribution in [3.05, 3.63) is 39.6 Å². The number of amides is 2. The highest BCUT2D eigenvalue weighted by Crippen LogP contribution is 2.23. The lowest BCUT2D eigenvalue weighted by atomic mass is 9.93. The summed E-state index contributed by atoms with van der Waals surface area (Å²) >= 11 is 11.9. The first-order chi connectivity index (χ1) is 13.9. The second-order valence-corrected chi connectivity index (χ2v) is 7.89. The summed E-state index contributed by atoms with van der Waals surface area (Å²) in [7, 11) is 1.72. The normalized spacial score (nSPS) is 14.7. The van der Waals surface area contributed by atoms with Gasteiger partial charge in [-0.15, -0.1) is 10.2 Å². The third-order valence-electron chi connectivity index (χ3n) is 4.91. The van der Waals surface area contributed by atoms with Gasteiger partial charge in [-0.2, -0.15) is 5.21 Å². The fraction of sp³-hybridized carbons (Fsp3) is 0.500. The van der Waals surface area contributed by atoms with Crippen molar-refractivity contribution in [2.75, 3.05) is 26.7 Å². The number of aromatic amines is 1. The fourth-order valence-electron chi connectivity index (χ4n) is 3.24. The molecule has 9 nitrogen and oxygen atoms in total. The van der Waals surface area contributed by atoms with Crippen LogP contribution in [-0.4, -0.2) is 69.1 Å². The van der Waals surface area contributed by atoms with Gasteiger partial charge in [0, 0.05) is 36.7 Å². The first-order valence-electron chi connectivity index (χ1n) is 9.28. The number of benzene rings is 1. The molecular formula is C18H22Cl2N6O3. The first kappa shape index (κ1) is 21.3. The number of tetrazole rings is 1. The highest BCUT2D eigenvalue weighted by molar-refractivity contribution is 6.34. The van der Waals surface area contributed by atoms with Crippen LogP contribution in [0.3, 0.4) is 0 Å². The molecule has 0 bridgehead atoms. The molecule has 156 valence electrons. The summed E-state index contributed by atoms with van der Waals surface area (Å²) in [5.74, 6) is 0.234. The Bertz CT molecular complexity index is 820. The Morgan fingerprint density at radius 3 is 2.55 bits per heavy atom. The van der Waals surface area contributed by atoms with Gasteiger partial charge in [0.05, 0.1) is 0 Å². The van der Waals surface area contributed by atoms with Crippen molar-refractivity contribution in [3.8, 4) is 0 Å². The Balaban J connectivity index is 1.38. The molecule has 1 N–H and O–H groups in total. The van der Waals surface area contributed by atoms with Crippen LogP contribution in [0, 0.1) is 5.92 Å². The lowest BCUT2D eigenvalue weighted by Gasteiger charge is -2.32. The largest absolute Gasteiger partial charge is 0.445 e. The maximum Gasteiger partial charge on any atom is 0.410 e. The SMILES string of the molecule is CN(CCC1CCN(C(=O)OCc2cc(Cl)cc(Cl)c2)CC1)C(=O)c1nn[nH]n1. The van der Waals surface area contributed by atoms with E-state index in [-0.39, 0.29) is 24.4 Å². The van der Waals surface area contributed by atoms with Gasteiger partial charge in [-0.1, -0.05) is 23.2 Å². The molecule has 29 heavy (non-hydrogen) atoms.